The van der Waals surface area contributed by atoms with Crippen molar-refractivity contribution in [3.8, 4) is 0 Å². The number of hydrogen-bond acceptors (Lipinski definition) is 7. The van der Waals surface area contributed by atoms with Crippen LogP contribution in [0.25, 0.3) is 11.1 Å². The SMILES string of the molecule is O=C(NCC1CCCN1c1nccs1)C1CCCN1c1nc2ccccc2o1. The predicted molar refractivity (Wildman–Crippen MR) is 110 cm³/mol. The zero-order valence-corrected chi connectivity index (χ0v) is 16.4. The third-order valence-corrected chi connectivity index (χ3v) is 6.45. The fourth-order valence-electron chi connectivity index (χ4n) is 4.24. The second kappa shape index (κ2) is 7.43. The third-order valence-electron chi connectivity index (χ3n) is 5.64. The molecule has 1 N–H and O–H groups in total. The molecule has 0 spiro atoms. The number of fused-ring (bicyclic) bond motifs is 1. The summed E-state index contributed by atoms with van der Waals surface area (Å²) in [5.41, 5.74) is 1.59. The molecular formula is C20H23N5O2S. The van der Waals surface area contributed by atoms with E-state index in [4.69, 9.17) is 4.42 Å². The van der Waals surface area contributed by atoms with E-state index in [1.807, 2.05) is 40.7 Å². The Balaban J connectivity index is 1.25. The number of aromatic nitrogens is 2. The molecular weight excluding hydrogens is 374 g/mol. The van der Waals surface area contributed by atoms with E-state index < -0.39 is 0 Å². The molecule has 4 heterocycles. The number of oxazole rings is 1. The highest BCUT2D eigenvalue weighted by Crippen LogP contribution is 2.29. The Kier molecular flexibility index (Phi) is 4.64. The third kappa shape index (κ3) is 3.22. The van der Waals surface area contributed by atoms with Crippen molar-refractivity contribution < 1.29 is 9.21 Å². The zero-order chi connectivity index (χ0) is 18.9. The largest absolute Gasteiger partial charge is 0.423 e. The van der Waals surface area contributed by atoms with Gasteiger partial charge in [0.1, 0.15) is 11.6 Å². The number of thiazole rings is 1. The van der Waals surface area contributed by atoms with Crippen LogP contribution in [0.3, 0.4) is 0 Å². The van der Waals surface area contributed by atoms with E-state index in [9.17, 15) is 4.79 Å². The quantitative estimate of drug-likeness (QED) is 0.713. The van der Waals surface area contributed by atoms with Crippen molar-refractivity contribution in [3.05, 3.63) is 35.8 Å². The van der Waals surface area contributed by atoms with Gasteiger partial charge in [0.15, 0.2) is 10.7 Å². The number of anilines is 2. The van der Waals surface area contributed by atoms with Crippen LogP contribution in [0.15, 0.2) is 40.3 Å². The number of amides is 1. The Morgan fingerprint density at radius 3 is 2.93 bits per heavy atom. The molecule has 3 aromatic rings. The van der Waals surface area contributed by atoms with Crippen LogP contribution in [0.4, 0.5) is 11.1 Å². The summed E-state index contributed by atoms with van der Waals surface area (Å²) in [5, 5.41) is 6.22. The lowest BCUT2D eigenvalue weighted by molar-refractivity contribution is -0.122. The molecule has 2 atom stereocenters. The first-order valence-corrected chi connectivity index (χ1v) is 10.7. The van der Waals surface area contributed by atoms with Crippen LogP contribution in [-0.2, 0) is 4.79 Å². The summed E-state index contributed by atoms with van der Waals surface area (Å²) < 4.78 is 5.90. The van der Waals surface area contributed by atoms with Crippen LogP contribution in [-0.4, -0.2) is 47.6 Å². The molecule has 0 radical (unpaired) electrons. The number of carbonyl (C=O) groups excluding carboxylic acids is 1. The molecule has 2 saturated heterocycles. The number of benzene rings is 1. The second-order valence-corrected chi connectivity index (χ2v) is 8.24. The van der Waals surface area contributed by atoms with Crippen molar-refractivity contribution in [1.29, 1.82) is 0 Å². The van der Waals surface area contributed by atoms with Gasteiger partial charge in [0.05, 0.1) is 0 Å². The molecule has 5 rings (SSSR count). The molecule has 2 fully saturated rings. The number of nitrogens with one attached hydrogen (secondary N) is 1. The first-order chi connectivity index (χ1) is 13.8. The normalized spacial score (nSPS) is 22.3. The van der Waals surface area contributed by atoms with Crippen LogP contribution in [0.5, 0.6) is 0 Å². The highest BCUT2D eigenvalue weighted by Gasteiger charge is 2.35. The van der Waals surface area contributed by atoms with Gasteiger partial charge in [-0.15, -0.1) is 11.3 Å². The van der Waals surface area contributed by atoms with Gasteiger partial charge in [-0.25, -0.2) is 4.98 Å². The maximum absolute atomic E-state index is 12.9. The van der Waals surface area contributed by atoms with Gasteiger partial charge in [0.25, 0.3) is 6.01 Å². The molecule has 0 aliphatic carbocycles. The van der Waals surface area contributed by atoms with Gasteiger partial charge in [0.2, 0.25) is 5.91 Å². The van der Waals surface area contributed by atoms with Crippen molar-refractivity contribution in [2.24, 2.45) is 0 Å². The van der Waals surface area contributed by atoms with Gasteiger partial charge in [-0.1, -0.05) is 12.1 Å². The molecule has 1 amide bonds. The second-order valence-electron chi connectivity index (χ2n) is 7.36. The fraction of sp³-hybridized carbons (Fsp3) is 0.450. The average molecular weight is 398 g/mol. The number of hydrogen-bond donors (Lipinski definition) is 1. The Morgan fingerprint density at radius 1 is 1.21 bits per heavy atom. The molecule has 2 aliphatic heterocycles. The Bertz CT molecular complexity index is 924. The van der Waals surface area contributed by atoms with Gasteiger partial charge in [0, 0.05) is 37.3 Å². The Hall–Kier alpha value is -2.61. The highest BCUT2D eigenvalue weighted by atomic mass is 32.1. The summed E-state index contributed by atoms with van der Waals surface area (Å²) in [5.74, 6) is 0.0609. The first-order valence-electron chi connectivity index (χ1n) is 9.85. The van der Waals surface area contributed by atoms with Crippen molar-refractivity contribution >= 4 is 39.5 Å². The van der Waals surface area contributed by atoms with Gasteiger partial charge < -0.3 is 19.5 Å². The van der Waals surface area contributed by atoms with Crippen LogP contribution in [0.2, 0.25) is 0 Å². The lowest BCUT2D eigenvalue weighted by Crippen LogP contribution is -2.47. The minimum absolute atomic E-state index is 0.0609. The summed E-state index contributed by atoms with van der Waals surface area (Å²) >= 11 is 1.66. The zero-order valence-electron chi connectivity index (χ0n) is 15.6. The molecule has 2 unspecified atom stereocenters. The van der Waals surface area contributed by atoms with Crippen LogP contribution >= 0.6 is 11.3 Å². The molecule has 7 nitrogen and oxygen atoms in total. The molecule has 8 heteroatoms. The van der Waals surface area contributed by atoms with Crippen LogP contribution in [0.1, 0.15) is 25.7 Å². The van der Waals surface area contributed by atoms with Crippen molar-refractivity contribution in [1.82, 2.24) is 15.3 Å². The molecule has 2 aliphatic rings. The minimum Gasteiger partial charge on any atom is -0.423 e. The van der Waals surface area contributed by atoms with Crippen molar-refractivity contribution in [3.63, 3.8) is 0 Å². The molecule has 0 saturated carbocycles. The van der Waals surface area contributed by atoms with Gasteiger partial charge in [-0.3, -0.25) is 4.79 Å². The van der Waals surface area contributed by atoms with E-state index in [-0.39, 0.29) is 11.9 Å². The van der Waals surface area contributed by atoms with E-state index in [1.54, 1.807) is 11.3 Å². The maximum atomic E-state index is 12.9. The Labute approximate surface area is 167 Å². The van der Waals surface area contributed by atoms with Gasteiger partial charge in [-0.05, 0) is 37.8 Å². The highest BCUT2D eigenvalue weighted by molar-refractivity contribution is 7.13. The smallest absolute Gasteiger partial charge is 0.299 e. The van der Waals surface area contributed by atoms with Crippen LogP contribution in [0, 0.1) is 0 Å². The molecule has 28 heavy (non-hydrogen) atoms. The number of nitrogens with zero attached hydrogens (tertiary/aromatic N) is 4. The van der Waals surface area contributed by atoms with E-state index in [0.717, 1.165) is 55.0 Å². The standard InChI is InChI=1S/C20H23N5O2S/c26-18(22-13-14-5-3-10-24(14)20-21-9-12-28-20)16-7-4-11-25(16)19-23-15-6-1-2-8-17(15)27-19/h1-2,6,8-9,12,14,16H,3-5,7,10-11,13H2,(H,22,26). The lowest BCUT2D eigenvalue weighted by atomic mass is 10.2. The summed E-state index contributed by atoms with van der Waals surface area (Å²) in [6.45, 7) is 2.45. The summed E-state index contributed by atoms with van der Waals surface area (Å²) in [6, 6.07) is 8.35. The van der Waals surface area contributed by atoms with E-state index in [2.05, 4.69) is 20.2 Å². The van der Waals surface area contributed by atoms with Gasteiger partial charge >= 0.3 is 0 Å². The maximum Gasteiger partial charge on any atom is 0.299 e. The van der Waals surface area contributed by atoms with E-state index in [0.29, 0.717) is 18.6 Å². The molecule has 0 bridgehead atoms. The summed E-state index contributed by atoms with van der Waals surface area (Å²) in [6.07, 6.45) is 5.85. The van der Waals surface area contributed by atoms with Crippen molar-refractivity contribution in [2.75, 3.05) is 29.4 Å². The minimum atomic E-state index is -0.220. The number of carbonyl (C=O) groups is 1. The molecule has 2 aromatic heterocycles. The Morgan fingerprint density at radius 2 is 2.07 bits per heavy atom. The topological polar surface area (TPSA) is 74.5 Å². The number of para-hydroxylation sites is 2. The number of rotatable bonds is 5. The summed E-state index contributed by atoms with van der Waals surface area (Å²) in [7, 11) is 0. The summed E-state index contributed by atoms with van der Waals surface area (Å²) in [4.78, 5) is 26.3. The fourth-order valence-corrected chi connectivity index (χ4v) is 4.99. The first kappa shape index (κ1) is 17.5. The molecule has 1 aromatic carbocycles. The van der Waals surface area contributed by atoms with E-state index >= 15 is 0 Å². The van der Waals surface area contributed by atoms with Gasteiger partial charge in [-0.2, -0.15) is 4.98 Å². The average Bonchev–Trinajstić information content (AvgIpc) is 3.51. The van der Waals surface area contributed by atoms with Crippen molar-refractivity contribution in [2.45, 2.75) is 37.8 Å². The predicted octanol–water partition coefficient (Wildman–Crippen LogP) is 3.04. The molecule has 146 valence electrons. The van der Waals surface area contributed by atoms with E-state index in [1.165, 1.54) is 0 Å². The van der Waals surface area contributed by atoms with Crippen LogP contribution < -0.4 is 15.1 Å². The lowest BCUT2D eigenvalue weighted by Gasteiger charge is -2.26. The monoisotopic (exact) mass is 397 g/mol.